The van der Waals surface area contributed by atoms with E-state index in [9.17, 15) is 9.18 Å². The molecule has 0 fully saturated rings. The van der Waals surface area contributed by atoms with Crippen LogP contribution in [0.4, 0.5) is 4.39 Å². The van der Waals surface area contributed by atoms with E-state index in [1.165, 1.54) is 12.1 Å². The first-order valence-corrected chi connectivity index (χ1v) is 4.32. The van der Waals surface area contributed by atoms with Crippen LogP contribution in [0.25, 0.3) is 6.08 Å². The molecule has 0 aliphatic rings. The standard InChI is InChI=1S/C9H5Cl2FO2/c10-6-3-5(1-2-8(13)14)4-7(12)9(6)11/h1-4H,(H,13,14)/b2-1+. The molecule has 14 heavy (non-hydrogen) atoms. The minimum absolute atomic E-state index is 0.0525. The molecule has 0 saturated heterocycles. The molecule has 0 radical (unpaired) electrons. The summed E-state index contributed by atoms with van der Waals surface area (Å²) in [5, 5.41) is 8.21. The number of hydrogen-bond acceptors (Lipinski definition) is 1. The third-order valence-electron chi connectivity index (χ3n) is 1.42. The summed E-state index contributed by atoms with van der Waals surface area (Å²) in [6.45, 7) is 0. The average molecular weight is 235 g/mol. The largest absolute Gasteiger partial charge is 0.478 e. The number of hydrogen-bond donors (Lipinski definition) is 1. The number of rotatable bonds is 2. The van der Waals surface area contributed by atoms with Gasteiger partial charge in [0.2, 0.25) is 0 Å². The second-order valence-corrected chi connectivity index (χ2v) is 3.26. The number of benzene rings is 1. The topological polar surface area (TPSA) is 37.3 Å². The van der Waals surface area contributed by atoms with Crippen molar-refractivity contribution < 1.29 is 14.3 Å². The van der Waals surface area contributed by atoms with Crippen molar-refractivity contribution in [3.8, 4) is 0 Å². The summed E-state index contributed by atoms with van der Waals surface area (Å²) in [5.41, 5.74) is 0.347. The maximum atomic E-state index is 13.0. The summed E-state index contributed by atoms with van der Waals surface area (Å²) in [4.78, 5) is 10.2. The van der Waals surface area contributed by atoms with Crippen molar-refractivity contribution in [1.29, 1.82) is 0 Å². The molecule has 0 amide bonds. The summed E-state index contributed by atoms with van der Waals surface area (Å²) in [6.07, 6.45) is 2.12. The number of carboxylic acids is 1. The fourth-order valence-corrected chi connectivity index (χ4v) is 1.16. The van der Waals surface area contributed by atoms with Gasteiger partial charge in [0.15, 0.2) is 0 Å². The SMILES string of the molecule is O=C(O)/C=C/c1cc(F)c(Cl)c(Cl)c1. The van der Waals surface area contributed by atoms with Crippen LogP contribution in [0.2, 0.25) is 10.0 Å². The molecule has 0 atom stereocenters. The fraction of sp³-hybridized carbons (Fsp3) is 0. The predicted octanol–water partition coefficient (Wildman–Crippen LogP) is 3.23. The molecule has 0 heterocycles. The van der Waals surface area contributed by atoms with Gasteiger partial charge in [-0.1, -0.05) is 23.2 Å². The van der Waals surface area contributed by atoms with Crippen molar-refractivity contribution in [2.45, 2.75) is 0 Å². The van der Waals surface area contributed by atoms with Crippen LogP contribution in [0.15, 0.2) is 18.2 Å². The lowest BCUT2D eigenvalue weighted by Crippen LogP contribution is -1.87. The zero-order valence-electron chi connectivity index (χ0n) is 6.80. The highest BCUT2D eigenvalue weighted by atomic mass is 35.5. The second kappa shape index (κ2) is 4.44. The van der Waals surface area contributed by atoms with Gasteiger partial charge in [-0.2, -0.15) is 0 Å². The number of carboxylic acid groups (broad SMARTS) is 1. The van der Waals surface area contributed by atoms with Gasteiger partial charge in [-0.3, -0.25) is 0 Å². The molecule has 0 saturated carbocycles. The summed E-state index contributed by atoms with van der Waals surface area (Å²) in [6, 6.07) is 2.49. The summed E-state index contributed by atoms with van der Waals surface area (Å²) in [5.74, 6) is -1.79. The molecule has 0 unspecified atom stereocenters. The summed E-state index contributed by atoms with van der Waals surface area (Å²) >= 11 is 11.0. The van der Waals surface area contributed by atoms with Gasteiger partial charge in [-0.15, -0.1) is 0 Å². The van der Waals surface area contributed by atoms with Gasteiger partial charge in [0.05, 0.1) is 10.0 Å². The first-order valence-electron chi connectivity index (χ1n) is 3.56. The lowest BCUT2D eigenvalue weighted by Gasteiger charge is -1.99. The monoisotopic (exact) mass is 234 g/mol. The van der Waals surface area contributed by atoms with Gasteiger partial charge >= 0.3 is 5.97 Å². The van der Waals surface area contributed by atoms with E-state index in [2.05, 4.69) is 0 Å². The van der Waals surface area contributed by atoms with Crippen molar-refractivity contribution in [2.24, 2.45) is 0 Å². The Labute approximate surface area is 89.6 Å². The maximum Gasteiger partial charge on any atom is 0.328 e. The van der Waals surface area contributed by atoms with Crippen molar-refractivity contribution in [3.63, 3.8) is 0 Å². The van der Waals surface area contributed by atoms with E-state index in [0.717, 1.165) is 12.1 Å². The van der Waals surface area contributed by atoms with E-state index in [1.807, 2.05) is 0 Å². The molecule has 1 aromatic rings. The van der Waals surface area contributed by atoms with Crippen LogP contribution in [0.3, 0.4) is 0 Å². The molecule has 0 aromatic heterocycles. The minimum atomic E-state index is -1.11. The molecule has 5 heteroatoms. The van der Waals surface area contributed by atoms with Gasteiger partial charge in [0, 0.05) is 6.08 Å². The quantitative estimate of drug-likeness (QED) is 0.631. The molecule has 0 spiro atoms. The molecule has 0 bridgehead atoms. The Hall–Kier alpha value is -1.06. The Morgan fingerprint density at radius 1 is 1.43 bits per heavy atom. The van der Waals surface area contributed by atoms with E-state index in [4.69, 9.17) is 28.3 Å². The normalized spacial score (nSPS) is 10.8. The van der Waals surface area contributed by atoms with E-state index in [1.54, 1.807) is 0 Å². The van der Waals surface area contributed by atoms with E-state index in [0.29, 0.717) is 5.56 Å². The average Bonchev–Trinajstić information content (AvgIpc) is 2.10. The van der Waals surface area contributed by atoms with Gasteiger partial charge in [-0.25, -0.2) is 9.18 Å². The highest BCUT2D eigenvalue weighted by molar-refractivity contribution is 6.42. The number of aliphatic carboxylic acids is 1. The maximum absolute atomic E-state index is 13.0. The molecule has 2 nitrogen and oxygen atoms in total. The minimum Gasteiger partial charge on any atom is -0.478 e. The Morgan fingerprint density at radius 2 is 2.07 bits per heavy atom. The van der Waals surface area contributed by atoms with Crippen molar-refractivity contribution in [2.75, 3.05) is 0 Å². The number of carbonyl (C=O) groups is 1. The zero-order chi connectivity index (χ0) is 10.7. The van der Waals surface area contributed by atoms with E-state index in [-0.39, 0.29) is 10.0 Å². The Balaban J connectivity index is 3.07. The van der Waals surface area contributed by atoms with Crippen LogP contribution < -0.4 is 0 Å². The molecule has 0 aliphatic carbocycles. The Morgan fingerprint density at radius 3 is 2.57 bits per heavy atom. The highest BCUT2D eigenvalue weighted by Crippen LogP contribution is 2.26. The van der Waals surface area contributed by atoms with Gasteiger partial charge in [0.25, 0.3) is 0 Å². The van der Waals surface area contributed by atoms with Crippen molar-refractivity contribution in [3.05, 3.63) is 39.6 Å². The lowest BCUT2D eigenvalue weighted by molar-refractivity contribution is -0.131. The third-order valence-corrected chi connectivity index (χ3v) is 2.20. The molecular weight excluding hydrogens is 230 g/mol. The molecule has 0 aliphatic heterocycles. The Kier molecular flexibility index (Phi) is 3.49. The first-order chi connectivity index (χ1) is 6.50. The second-order valence-electron chi connectivity index (χ2n) is 2.47. The van der Waals surface area contributed by atoms with Gasteiger partial charge < -0.3 is 5.11 Å². The molecule has 1 N–H and O–H groups in total. The van der Waals surface area contributed by atoms with Gasteiger partial charge in [0.1, 0.15) is 5.82 Å². The van der Waals surface area contributed by atoms with Crippen LogP contribution in [-0.4, -0.2) is 11.1 Å². The van der Waals surface area contributed by atoms with Crippen LogP contribution in [0.1, 0.15) is 5.56 Å². The smallest absolute Gasteiger partial charge is 0.328 e. The van der Waals surface area contributed by atoms with Gasteiger partial charge in [-0.05, 0) is 23.8 Å². The van der Waals surface area contributed by atoms with E-state index >= 15 is 0 Å². The molecule has 74 valence electrons. The molecule has 1 aromatic carbocycles. The lowest BCUT2D eigenvalue weighted by atomic mass is 10.2. The Bertz CT molecular complexity index is 379. The highest BCUT2D eigenvalue weighted by Gasteiger charge is 2.05. The summed E-state index contributed by atoms with van der Waals surface area (Å²) in [7, 11) is 0. The molecule has 1 rings (SSSR count). The summed E-state index contributed by atoms with van der Waals surface area (Å²) < 4.78 is 13.0. The van der Waals surface area contributed by atoms with E-state index < -0.39 is 11.8 Å². The molecular formula is C9H5Cl2FO2. The first kappa shape index (κ1) is 11.0. The van der Waals surface area contributed by atoms with Crippen LogP contribution in [-0.2, 0) is 4.79 Å². The zero-order valence-corrected chi connectivity index (χ0v) is 8.31. The predicted molar refractivity (Wildman–Crippen MR) is 53.1 cm³/mol. The number of halogens is 3. The van der Waals surface area contributed by atoms with Crippen molar-refractivity contribution in [1.82, 2.24) is 0 Å². The van der Waals surface area contributed by atoms with Crippen molar-refractivity contribution >= 4 is 35.2 Å². The van der Waals surface area contributed by atoms with Crippen LogP contribution in [0, 0.1) is 5.82 Å². The fourth-order valence-electron chi connectivity index (χ4n) is 0.839. The van der Waals surface area contributed by atoms with Crippen LogP contribution >= 0.6 is 23.2 Å². The third kappa shape index (κ3) is 2.72. The van der Waals surface area contributed by atoms with Crippen LogP contribution in [0.5, 0.6) is 0 Å².